The molecular formula is C14H11ClFNO. The second-order valence-electron chi connectivity index (χ2n) is 4.06. The monoisotopic (exact) mass is 263 g/mol. The number of nitrogens with two attached hydrogens (primary N) is 1. The maximum absolute atomic E-state index is 13.0. The number of hydrogen-bond donors (Lipinski definition) is 1. The molecule has 0 saturated heterocycles. The van der Waals surface area contributed by atoms with Gasteiger partial charge in [0.05, 0.1) is 0 Å². The number of carbonyl (C=O) groups excluding carboxylic acids is 1. The first-order chi connectivity index (χ1) is 8.47. The minimum atomic E-state index is -0.366. The van der Waals surface area contributed by atoms with E-state index in [1.807, 2.05) is 0 Å². The maximum Gasteiger partial charge on any atom is 0.193 e. The summed E-state index contributed by atoms with van der Waals surface area (Å²) >= 11 is 5.85. The Balaban J connectivity index is 2.47. The number of halogens is 2. The molecule has 0 spiro atoms. The Morgan fingerprint density at radius 2 is 1.94 bits per heavy atom. The summed E-state index contributed by atoms with van der Waals surface area (Å²) in [5, 5.41) is 0.401. The lowest BCUT2D eigenvalue weighted by atomic mass is 9.99. The summed E-state index contributed by atoms with van der Waals surface area (Å²) < 4.78 is 13.0. The number of benzene rings is 2. The highest BCUT2D eigenvalue weighted by Crippen LogP contribution is 2.21. The molecular weight excluding hydrogens is 253 g/mol. The minimum absolute atomic E-state index is 0.221. The first-order valence-corrected chi connectivity index (χ1v) is 5.72. The molecule has 0 amide bonds. The molecule has 92 valence electrons. The Hall–Kier alpha value is -1.87. The average molecular weight is 264 g/mol. The van der Waals surface area contributed by atoms with Crippen LogP contribution in [0, 0.1) is 12.7 Å². The van der Waals surface area contributed by atoms with Crippen LogP contribution in [0.4, 0.5) is 10.1 Å². The molecule has 0 saturated carbocycles. The van der Waals surface area contributed by atoms with Crippen molar-refractivity contribution < 1.29 is 9.18 Å². The van der Waals surface area contributed by atoms with Gasteiger partial charge in [-0.2, -0.15) is 0 Å². The van der Waals surface area contributed by atoms with Crippen LogP contribution in [0.15, 0.2) is 36.4 Å². The molecule has 0 radical (unpaired) electrons. The average Bonchev–Trinajstić information content (AvgIpc) is 2.26. The molecule has 0 aromatic heterocycles. The van der Waals surface area contributed by atoms with Crippen molar-refractivity contribution in [3.05, 3.63) is 63.9 Å². The lowest BCUT2D eigenvalue weighted by molar-refractivity contribution is 0.103. The molecule has 0 bridgehead atoms. The standard InChI is InChI=1S/C14H11ClFNO/c1-8-4-11(16)2-3-13(8)14(18)9-5-10(15)7-12(17)6-9/h2-7H,17H2,1H3. The molecule has 2 N–H and O–H groups in total. The van der Waals surface area contributed by atoms with Gasteiger partial charge in [0.1, 0.15) is 5.82 Å². The number of ketones is 1. The van der Waals surface area contributed by atoms with Crippen molar-refractivity contribution in [2.24, 2.45) is 0 Å². The fraction of sp³-hybridized carbons (Fsp3) is 0.0714. The second kappa shape index (κ2) is 4.78. The van der Waals surface area contributed by atoms with E-state index in [1.54, 1.807) is 25.1 Å². The molecule has 0 atom stereocenters. The highest BCUT2D eigenvalue weighted by atomic mass is 35.5. The van der Waals surface area contributed by atoms with E-state index in [9.17, 15) is 9.18 Å². The van der Waals surface area contributed by atoms with Gasteiger partial charge in [-0.25, -0.2) is 4.39 Å². The summed E-state index contributed by atoms with van der Waals surface area (Å²) in [6.07, 6.45) is 0. The molecule has 0 unspecified atom stereocenters. The van der Waals surface area contributed by atoms with Crippen LogP contribution in [0.3, 0.4) is 0 Å². The molecule has 18 heavy (non-hydrogen) atoms. The Morgan fingerprint density at radius 1 is 1.22 bits per heavy atom. The zero-order valence-electron chi connectivity index (χ0n) is 9.71. The van der Waals surface area contributed by atoms with Crippen LogP contribution in [0.1, 0.15) is 21.5 Å². The van der Waals surface area contributed by atoms with Crippen molar-refractivity contribution in [2.75, 3.05) is 5.73 Å². The third-order valence-electron chi connectivity index (χ3n) is 2.62. The van der Waals surface area contributed by atoms with Crippen LogP contribution in [0.5, 0.6) is 0 Å². The van der Waals surface area contributed by atoms with Gasteiger partial charge < -0.3 is 5.73 Å². The summed E-state index contributed by atoms with van der Waals surface area (Å²) in [5.41, 5.74) is 7.49. The smallest absolute Gasteiger partial charge is 0.193 e. The van der Waals surface area contributed by atoms with Crippen molar-refractivity contribution in [3.63, 3.8) is 0 Å². The van der Waals surface area contributed by atoms with Gasteiger partial charge in [0.15, 0.2) is 5.78 Å². The van der Waals surface area contributed by atoms with Crippen molar-refractivity contribution >= 4 is 23.1 Å². The van der Waals surface area contributed by atoms with Gasteiger partial charge in [0, 0.05) is 21.8 Å². The molecule has 0 aliphatic rings. The molecule has 0 heterocycles. The van der Waals surface area contributed by atoms with E-state index in [0.29, 0.717) is 27.4 Å². The summed E-state index contributed by atoms with van der Waals surface area (Å²) in [6, 6.07) is 8.70. The highest BCUT2D eigenvalue weighted by Gasteiger charge is 2.13. The van der Waals surface area contributed by atoms with Crippen molar-refractivity contribution in [3.8, 4) is 0 Å². The molecule has 2 aromatic rings. The number of carbonyl (C=O) groups is 1. The molecule has 0 aliphatic heterocycles. The fourth-order valence-corrected chi connectivity index (χ4v) is 2.02. The van der Waals surface area contributed by atoms with Crippen LogP contribution in [-0.2, 0) is 0 Å². The molecule has 2 aromatic carbocycles. The Labute approximate surface area is 109 Å². The van der Waals surface area contributed by atoms with E-state index in [1.165, 1.54) is 18.2 Å². The Morgan fingerprint density at radius 3 is 2.56 bits per heavy atom. The number of hydrogen-bond acceptors (Lipinski definition) is 2. The third-order valence-corrected chi connectivity index (χ3v) is 2.83. The van der Waals surface area contributed by atoms with Crippen LogP contribution in [-0.4, -0.2) is 5.78 Å². The van der Waals surface area contributed by atoms with Crippen molar-refractivity contribution in [2.45, 2.75) is 6.92 Å². The van der Waals surface area contributed by atoms with Crippen molar-refractivity contribution in [1.29, 1.82) is 0 Å². The predicted octanol–water partition coefficient (Wildman–Crippen LogP) is 3.60. The third kappa shape index (κ3) is 2.51. The van der Waals surface area contributed by atoms with Crippen LogP contribution in [0.2, 0.25) is 5.02 Å². The van der Waals surface area contributed by atoms with Gasteiger partial charge in [-0.1, -0.05) is 11.6 Å². The lowest BCUT2D eigenvalue weighted by Gasteiger charge is -2.06. The summed E-state index contributed by atoms with van der Waals surface area (Å²) in [5.74, 6) is -0.587. The summed E-state index contributed by atoms with van der Waals surface area (Å²) in [6.45, 7) is 1.68. The van der Waals surface area contributed by atoms with E-state index in [4.69, 9.17) is 17.3 Å². The minimum Gasteiger partial charge on any atom is -0.399 e. The van der Waals surface area contributed by atoms with Gasteiger partial charge in [-0.05, 0) is 48.9 Å². The van der Waals surface area contributed by atoms with Crippen LogP contribution in [0.25, 0.3) is 0 Å². The molecule has 0 fully saturated rings. The van der Waals surface area contributed by atoms with Crippen LogP contribution < -0.4 is 5.73 Å². The molecule has 2 nitrogen and oxygen atoms in total. The van der Waals surface area contributed by atoms with Crippen molar-refractivity contribution in [1.82, 2.24) is 0 Å². The largest absolute Gasteiger partial charge is 0.399 e. The topological polar surface area (TPSA) is 43.1 Å². The van der Waals surface area contributed by atoms with Gasteiger partial charge in [0.25, 0.3) is 0 Å². The van der Waals surface area contributed by atoms with E-state index in [-0.39, 0.29) is 11.6 Å². The van der Waals surface area contributed by atoms with E-state index in [2.05, 4.69) is 0 Å². The molecule has 2 rings (SSSR count). The Bertz CT molecular complexity index is 605. The second-order valence-corrected chi connectivity index (χ2v) is 4.50. The van der Waals surface area contributed by atoms with E-state index >= 15 is 0 Å². The van der Waals surface area contributed by atoms with Gasteiger partial charge >= 0.3 is 0 Å². The Kier molecular flexibility index (Phi) is 3.34. The molecule has 4 heteroatoms. The quantitative estimate of drug-likeness (QED) is 0.664. The lowest BCUT2D eigenvalue weighted by Crippen LogP contribution is -2.05. The maximum atomic E-state index is 13.0. The van der Waals surface area contributed by atoms with Gasteiger partial charge in [-0.3, -0.25) is 4.79 Å². The molecule has 0 aliphatic carbocycles. The van der Waals surface area contributed by atoms with E-state index < -0.39 is 0 Å². The number of anilines is 1. The fourth-order valence-electron chi connectivity index (χ4n) is 1.78. The first-order valence-electron chi connectivity index (χ1n) is 5.34. The van der Waals surface area contributed by atoms with Gasteiger partial charge in [0.2, 0.25) is 0 Å². The predicted molar refractivity (Wildman–Crippen MR) is 70.4 cm³/mol. The SMILES string of the molecule is Cc1cc(F)ccc1C(=O)c1cc(N)cc(Cl)c1. The number of aryl methyl sites for hydroxylation is 1. The van der Waals surface area contributed by atoms with Gasteiger partial charge in [-0.15, -0.1) is 0 Å². The van der Waals surface area contributed by atoms with Crippen LogP contribution >= 0.6 is 11.6 Å². The van der Waals surface area contributed by atoms with E-state index in [0.717, 1.165) is 0 Å². The first kappa shape index (κ1) is 12.6. The normalized spacial score (nSPS) is 10.4. The zero-order chi connectivity index (χ0) is 13.3. The number of nitrogen functional groups attached to an aromatic ring is 1. The summed E-state index contributed by atoms with van der Waals surface area (Å²) in [4.78, 5) is 12.2. The zero-order valence-corrected chi connectivity index (χ0v) is 10.5. The number of rotatable bonds is 2. The highest BCUT2D eigenvalue weighted by molar-refractivity contribution is 6.31. The summed E-state index contributed by atoms with van der Waals surface area (Å²) in [7, 11) is 0.